The zero-order valence-electron chi connectivity index (χ0n) is 12.1. The Morgan fingerprint density at radius 2 is 1.95 bits per heavy atom. The molecule has 0 atom stereocenters. The van der Waals surface area contributed by atoms with Crippen LogP contribution in [0.2, 0.25) is 0 Å². The fraction of sp³-hybridized carbons (Fsp3) is 0.429. The van der Waals surface area contributed by atoms with Crippen molar-refractivity contribution in [2.45, 2.75) is 26.4 Å². The summed E-state index contributed by atoms with van der Waals surface area (Å²) < 4.78 is 10.5. The number of ether oxygens (including phenoxy) is 2. The monoisotopic (exact) mass is 280 g/mol. The molecule has 0 bridgehead atoms. The SMILES string of the molecule is CNC(=O)COc1cc(C(=O)OC(C)(C)C)ccc1N. The Bertz CT molecular complexity index is 506. The third-order valence-corrected chi connectivity index (χ3v) is 2.29. The molecular formula is C14H20N2O4. The van der Waals surface area contributed by atoms with Crippen molar-refractivity contribution in [3.8, 4) is 5.75 Å². The lowest BCUT2D eigenvalue weighted by Gasteiger charge is -2.19. The predicted molar refractivity (Wildman–Crippen MR) is 75.6 cm³/mol. The molecule has 0 spiro atoms. The summed E-state index contributed by atoms with van der Waals surface area (Å²) in [6.07, 6.45) is 0. The first-order valence-corrected chi connectivity index (χ1v) is 6.19. The molecule has 1 aromatic carbocycles. The van der Waals surface area contributed by atoms with Crippen molar-refractivity contribution in [2.75, 3.05) is 19.4 Å². The molecule has 0 saturated heterocycles. The zero-order valence-corrected chi connectivity index (χ0v) is 12.1. The maximum absolute atomic E-state index is 11.9. The van der Waals surface area contributed by atoms with Crippen molar-refractivity contribution in [1.82, 2.24) is 5.32 Å². The summed E-state index contributed by atoms with van der Waals surface area (Å²) in [4.78, 5) is 23.1. The number of nitrogens with two attached hydrogens (primary N) is 1. The minimum absolute atomic E-state index is 0.168. The average molecular weight is 280 g/mol. The number of benzene rings is 1. The smallest absolute Gasteiger partial charge is 0.338 e. The van der Waals surface area contributed by atoms with Gasteiger partial charge in [-0.25, -0.2) is 4.79 Å². The fourth-order valence-corrected chi connectivity index (χ4v) is 1.34. The van der Waals surface area contributed by atoms with Crippen molar-refractivity contribution in [2.24, 2.45) is 0 Å². The van der Waals surface area contributed by atoms with Gasteiger partial charge in [-0.1, -0.05) is 0 Å². The van der Waals surface area contributed by atoms with E-state index in [-0.39, 0.29) is 18.3 Å². The second kappa shape index (κ2) is 6.27. The molecule has 0 radical (unpaired) electrons. The molecule has 1 rings (SSSR count). The zero-order chi connectivity index (χ0) is 15.3. The molecule has 0 fully saturated rings. The highest BCUT2D eigenvalue weighted by Gasteiger charge is 2.19. The van der Waals surface area contributed by atoms with Gasteiger partial charge >= 0.3 is 5.97 Å². The van der Waals surface area contributed by atoms with Crippen molar-refractivity contribution in [3.05, 3.63) is 23.8 Å². The van der Waals surface area contributed by atoms with Gasteiger partial charge in [0.2, 0.25) is 0 Å². The Kier molecular flexibility index (Phi) is 4.96. The van der Waals surface area contributed by atoms with Gasteiger partial charge in [0.15, 0.2) is 6.61 Å². The molecule has 1 amide bonds. The molecule has 0 aliphatic heterocycles. The maximum atomic E-state index is 11.9. The first-order chi connectivity index (χ1) is 9.23. The molecular weight excluding hydrogens is 260 g/mol. The van der Waals surface area contributed by atoms with Crippen LogP contribution in [0.25, 0.3) is 0 Å². The van der Waals surface area contributed by atoms with Crippen LogP contribution < -0.4 is 15.8 Å². The molecule has 1 aromatic rings. The number of carbonyl (C=O) groups is 2. The highest BCUT2D eigenvalue weighted by atomic mass is 16.6. The summed E-state index contributed by atoms with van der Waals surface area (Å²) in [5.74, 6) is -0.480. The van der Waals surface area contributed by atoms with E-state index in [9.17, 15) is 9.59 Å². The lowest BCUT2D eigenvalue weighted by Crippen LogP contribution is -2.25. The topological polar surface area (TPSA) is 90.6 Å². The average Bonchev–Trinajstić information content (AvgIpc) is 2.35. The number of carbonyl (C=O) groups excluding carboxylic acids is 2. The van der Waals surface area contributed by atoms with Crippen LogP contribution in [0, 0.1) is 0 Å². The molecule has 0 heterocycles. The van der Waals surface area contributed by atoms with E-state index in [1.807, 2.05) is 0 Å². The van der Waals surface area contributed by atoms with E-state index in [0.717, 1.165) is 0 Å². The lowest BCUT2D eigenvalue weighted by atomic mass is 10.1. The minimum atomic E-state index is -0.582. The number of rotatable bonds is 4. The molecule has 110 valence electrons. The van der Waals surface area contributed by atoms with Crippen molar-refractivity contribution in [3.63, 3.8) is 0 Å². The number of esters is 1. The first kappa shape index (κ1) is 15.8. The van der Waals surface area contributed by atoms with Crippen LogP contribution >= 0.6 is 0 Å². The third-order valence-electron chi connectivity index (χ3n) is 2.29. The lowest BCUT2D eigenvalue weighted by molar-refractivity contribution is -0.122. The fourth-order valence-electron chi connectivity index (χ4n) is 1.34. The summed E-state index contributed by atoms with van der Waals surface area (Å²) in [5, 5.41) is 2.43. The van der Waals surface area contributed by atoms with E-state index in [1.54, 1.807) is 32.9 Å². The molecule has 6 nitrogen and oxygen atoms in total. The molecule has 0 aromatic heterocycles. The van der Waals surface area contributed by atoms with Crippen LogP contribution in [0.5, 0.6) is 5.75 Å². The number of anilines is 1. The van der Waals surface area contributed by atoms with E-state index >= 15 is 0 Å². The highest BCUT2D eigenvalue weighted by Crippen LogP contribution is 2.24. The van der Waals surface area contributed by atoms with Gasteiger partial charge in [-0.15, -0.1) is 0 Å². The molecule has 0 aliphatic carbocycles. The number of hydrogen-bond donors (Lipinski definition) is 2. The molecule has 0 unspecified atom stereocenters. The van der Waals surface area contributed by atoms with Crippen LogP contribution in [-0.4, -0.2) is 31.1 Å². The van der Waals surface area contributed by atoms with Crippen LogP contribution in [0.3, 0.4) is 0 Å². The molecule has 6 heteroatoms. The van der Waals surface area contributed by atoms with Gasteiger partial charge in [0.25, 0.3) is 5.91 Å². The van der Waals surface area contributed by atoms with Crippen LogP contribution in [-0.2, 0) is 9.53 Å². The second-order valence-corrected chi connectivity index (χ2v) is 5.22. The van der Waals surface area contributed by atoms with E-state index < -0.39 is 11.6 Å². The van der Waals surface area contributed by atoms with Gasteiger partial charge in [0.05, 0.1) is 11.3 Å². The minimum Gasteiger partial charge on any atom is -0.482 e. The Morgan fingerprint density at radius 1 is 1.30 bits per heavy atom. The molecule has 3 N–H and O–H groups in total. The normalized spacial score (nSPS) is 10.8. The number of nitrogen functional groups attached to an aromatic ring is 1. The Labute approximate surface area is 118 Å². The number of nitrogens with one attached hydrogen (secondary N) is 1. The van der Waals surface area contributed by atoms with Crippen molar-refractivity contribution < 1.29 is 19.1 Å². The largest absolute Gasteiger partial charge is 0.482 e. The van der Waals surface area contributed by atoms with Gasteiger partial charge in [0, 0.05) is 7.05 Å². The number of amides is 1. The molecule has 0 aliphatic rings. The third kappa shape index (κ3) is 4.79. The maximum Gasteiger partial charge on any atom is 0.338 e. The van der Waals surface area contributed by atoms with E-state index in [2.05, 4.69) is 5.32 Å². The molecule has 20 heavy (non-hydrogen) atoms. The van der Waals surface area contributed by atoms with E-state index in [1.165, 1.54) is 13.1 Å². The summed E-state index contributed by atoms with van der Waals surface area (Å²) in [6.45, 7) is 5.18. The Morgan fingerprint density at radius 3 is 2.50 bits per heavy atom. The summed E-state index contributed by atoms with van der Waals surface area (Å²) in [6, 6.07) is 4.56. The van der Waals surface area contributed by atoms with Gasteiger partial charge in [-0.2, -0.15) is 0 Å². The van der Waals surface area contributed by atoms with Gasteiger partial charge in [0.1, 0.15) is 11.4 Å². The van der Waals surface area contributed by atoms with E-state index in [4.69, 9.17) is 15.2 Å². The first-order valence-electron chi connectivity index (χ1n) is 6.19. The van der Waals surface area contributed by atoms with Crippen LogP contribution in [0.15, 0.2) is 18.2 Å². The second-order valence-electron chi connectivity index (χ2n) is 5.22. The summed E-state index contributed by atoms with van der Waals surface area (Å²) >= 11 is 0. The Balaban J connectivity index is 2.85. The summed E-state index contributed by atoms with van der Waals surface area (Å²) in [7, 11) is 1.51. The number of likely N-dealkylation sites (N-methyl/N-ethyl adjacent to an activating group) is 1. The van der Waals surface area contributed by atoms with Crippen LogP contribution in [0.1, 0.15) is 31.1 Å². The van der Waals surface area contributed by atoms with Gasteiger partial charge in [-0.05, 0) is 39.0 Å². The standard InChI is InChI=1S/C14H20N2O4/c1-14(2,3)20-13(18)9-5-6-10(15)11(7-9)19-8-12(17)16-4/h5-7H,8,15H2,1-4H3,(H,16,17). The van der Waals surface area contributed by atoms with Gasteiger partial charge < -0.3 is 20.5 Å². The van der Waals surface area contributed by atoms with Crippen molar-refractivity contribution in [1.29, 1.82) is 0 Å². The van der Waals surface area contributed by atoms with Crippen LogP contribution in [0.4, 0.5) is 5.69 Å². The quantitative estimate of drug-likeness (QED) is 0.641. The van der Waals surface area contributed by atoms with Gasteiger partial charge in [-0.3, -0.25) is 4.79 Å². The van der Waals surface area contributed by atoms with E-state index in [0.29, 0.717) is 11.3 Å². The Hall–Kier alpha value is -2.24. The highest BCUT2D eigenvalue weighted by molar-refractivity contribution is 5.91. The van der Waals surface area contributed by atoms with Crippen molar-refractivity contribution >= 4 is 17.6 Å². The summed E-state index contributed by atoms with van der Waals surface area (Å²) in [5.41, 5.74) is 5.82. The predicted octanol–water partition coefficient (Wildman–Crippen LogP) is 1.35. The molecule has 0 saturated carbocycles. The number of hydrogen-bond acceptors (Lipinski definition) is 5.